The van der Waals surface area contributed by atoms with Crippen LogP contribution in [0.3, 0.4) is 0 Å². The highest BCUT2D eigenvalue weighted by Gasteiger charge is 2.26. The van der Waals surface area contributed by atoms with Crippen molar-refractivity contribution in [2.45, 2.75) is 18.9 Å². The van der Waals surface area contributed by atoms with Gasteiger partial charge in [-0.2, -0.15) is 0 Å². The summed E-state index contributed by atoms with van der Waals surface area (Å²) in [6, 6.07) is 11.4. The molecule has 76 valence electrons. The number of hydrogen-bond donors (Lipinski definition) is 0. The molecule has 0 bridgehead atoms. The molecule has 1 nitrogen and oxygen atoms in total. The van der Waals surface area contributed by atoms with Crippen LogP contribution in [0.5, 0.6) is 0 Å². The lowest BCUT2D eigenvalue weighted by molar-refractivity contribution is 0.403. The van der Waals surface area contributed by atoms with Gasteiger partial charge in [-0.3, -0.25) is 0 Å². The third kappa shape index (κ3) is 1.82. The molecule has 0 atom stereocenters. The van der Waals surface area contributed by atoms with Gasteiger partial charge in [0.15, 0.2) is 0 Å². The Hall–Kier alpha value is -1.50. The van der Waals surface area contributed by atoms with E-state index >= 15 is 0 Å². The van der Waals surface area contributed by atoms with Crippen LogP contribution in [0.4, 0.5) is 0 Å². The highest BCUT2D eigenvalue weighted by molar-refractivity contribution is 5.74. The van der Waals surface area contributed by atoms with Gasteiger partial charge >= 0.3 is 0 Å². The number of allylic oxidation sites excluding steroid dienone is 2. The van der Waals surface area contributed by atoms with Crippen molar-refractivity contribution in [2.75, 3.05) is 6.54 Å². The Morgan fingerprint density at radius 1 is 1.07 bits per heavy atom. The lowest BCUT2D eigenvalue weighted by Gasteiger charge is -2.22. The zero-order valence-electron chi connectivity index (χ0n) is 8.76. The Morgan fingerprint density at radius 2 is 1.87 bits per heavy atom. The molecular weight excluding hydrogens is 182 g/mol. The lowest BCUT2D eigenvalue weighted by Crippen LogP contribution is -2.21. The molecule has 15 heavy (non-hydrogen) atoms. The summed E-state index contributed by atoms with van der Waals surface area (Å²) in [7, 11) is 0. The zero-order chi connectivity index (χ0) is 10.1. The Bertz CT molecular complexity index is 399. The molecule has 0 amide bonds. The highest BCUT2D eigenvalue weighted by atomic mass is 15.2. The van der Waals surface area contributed by atoms with E-state index < -0.39 is 0 Å². The minimum Gasteiger partial charge on any atom is -0.371 e. The molecular formula is C14H15N. The molecule has 0 aromatic heterocycles. The second-order valence-corrected chi connectivity index (χ2v) is 4.27. The molecule has 1 heteroatoms. The summed E-state index contributed by atoms with van der Waals surface area (Å²) in [5, 5.41) is 0. The first-order chi connectivity index (χ1) is 7.43. The molecule has 3 rings (SSSR count). The average molecular weight is 197 g/mol. The first kappa shape index (κ1) is 8.78. The SMILES string of the molecule is C1=CN(C2CC2)CC=C1c1ccccc1. The largest absolute Gasteiger partial charge is 0.371 e. The molecule has 1 aliphatic heterocycles. The van der Waals surface area contributed by atoms with Gasteiger partial charge < -0.3 is 4.90 Å². The molecule has 0 saturated heterocycles. The maximum Gasteiger partial charge on any atom is 0.0366 e. The van der Waals surface area contributed by atoms with Crippen molar-refractivity contribution in [3.63, 3.8) is 0 Å². The quantitative estimate of drug-likeness (QED) is 0.704. The van der Waals surface area contributed by atoms with Crippen LogP contribution in [-0.2, 0) is 0 Å². The summed E-state index contributed by atoms with van der Waals surface area (Å²) >= 11 is 0. The van der Waals surface area contributed by atoms with Crippen LogP contribution in [-0.4, -0.2) is 17.5 Å². The first-order valence-electron chi connectivity index (χ1n) is 5.63. The monoisotopic (exact) mass is 197 g/mol. The van der Waals surface area contributed by atoms with Gasteiger partial charge in [-0.25, -0.2) is 0 Å². The van der Waals surface area contributed by atoms with Gasteiger partial charge in [-0.1, -0.05) is 36.4 Å². The van der Waals surface area contributed by atoms with Crippen molar-refractivity contribution < 1.29 is 0 Å². The Balaban J connectivity index is 1.77. The molecule has 1 aromatic rings. The molecule has 0 N–H and O–H groups in total. The predicted octanol–water partition coefficient (Wildman–Crippen LogP) is 3.06. The maximum absolute atomic E-state index is 2.44. The van der Waals surface area contributed by atoms with Crippen molar-refractivity contribution in [3.8, 4) is 0 Å². The smallest absolute Gasteiger partial charge is 0.0366 e. The maximum atomic E-state index is 2.44. The van der Waals surface area contributed by atoms with Gasteiger partial charge in [0.25, 0.3) is 0 Å². The fraction of sp³-hybridized carbons (Fsp3) is 0.286. The van der Waals surface area contributed by atoms with Crippen LogP contribution in [0.1, 0.15) is 18.4 Å². The minimum atomic E-state index is 0.829. The number of rotatable bonds is 2. The number of hydrogen-bond acceptors (Lipinski definition) is 1. The Kier molecular flexibility index (Phi) is 2.09. The van der Waals surface area contributed by atoms with Crippen LogP contribution in [0.25, 0.3) is 5.57 Å². The van der Waals surface area contributed by atoms with Crippen LogP contribution in [0.2, 0.25) is 0 Å². The molecule has 0 radical (unpaired) electrons. The van der Waals surface area contributed by atoms with E-state index in [4.69, 9.17) is 0 Å². The van der Waals surface area contributed by atoms with E-state index in [0.717, 1.165) is 12.6 Å². The highest BCUT2D eigenvalue weighted by Crippen LogP contribution is 2.30. The second-order valence-electron chi connectivity index (χ2n) is 4.27. The summed E-state index contributed by atoms with van der Waals surface area (Å²) in [5.74, 6) is 0. The van der Waals surface area contributed by atoms with Gasteiger partial charge in [-0.05, 0) is 30.1 Å². The van der Waals surface area contributed by atoms with E-state index in [-0.39, 0.29) is 0 Å². The molecule has 1 heterocycles. The normalized spacial score (nSPS) is 20.3. The van der Waals surface area contributed by atoms with Crippen LogP contribution < -0.4 is 0 Å². The number of benzene rings is 1. The third-order valence-corrected chi connectivity index (χ3v) is 3.09. The van der Waals surface area contributed by atoms with Crippen molar-refractivity contribution in [3.05, 3.63) is 54.2 Å². The molecule has 1 aliphatic carbocycles. The fourth-order valence-electron chi connectivity index (χ4n) is 2.03. The van der Waals surface area contributed by atoms with Gasteiger partial charge in [0.05, 0.1) is 0 Å². The summed E-state index contributed by atoms with van der Waals surface area (Å²) in [6.45, 7) is 1.07. The van der Waals surface area contributed by atoms with Crippen molar-refractivity contribution in [2.24, 2.45) is 0 Å². The fourth-order valence-corrected chi connectivity index (χ4v) is 2.03. The van der Waals surface area contributed by atoms with E-state index in [1.165, 1.54) is 24.0 Å². The van der Waals surface area contributed by atoms with Crippen LogP contribution in [0.15, 0.2) is 48.7 Å². The van der Waals surface area contributed by atoms with Gasteiger partial charge in [0, 0.05) is 18.8 Å². The molecule has 0 unspecified atom stereocenters. The van der Waals surface area contributed by atoms with Crippen LogP contribution in [0, 0.1) is 0 Å². The van der Waals surface area contributed by atoms with Crippen LogP contribution >= 0.6 is 0 Å². The van der Waals surface area contributed by atoms with E-state index in [1.54, 1.807) is 0 Å². The van der Waals surface area contributed by atoms with Gasteiger partial charge in [0.2, 0.25) is 0 Å². The zero-order valence-corrected chi connectivity index (χ0v) is 8.76. The second kappa shape index (κ2) is 3.58. The molecule has 1 fully saturated rings. The van der Waals surface area contributed by atoms with Crippen molar-refractivity contribution in [1.29, 1.82) is 0 Å². The Morgan fingerprint density at radius 3 is 2.47 bits per heavy atom. The van der Waals surface area contributed by atoms with Crippen molar-refractivity contribution in [1.82, 2.24) is 4.90 Å². The molecule has 2 aliphatic rings. The number of nitrogens with zero attached hydrogens (tertiary/aromatic N) is 1. The van der Waals surface area contributed by atoms with E-state index in [2.05, 4.69) is 53.6 Å². The molecule has 1 aromatic carbocycles. The van der Waals surface area contributed by atoms with Gasteiger partial charge in [0.1, 0.15) is 0 Å². The van der Waals surface area contributed by atoms with Crippen molar-refractivity contribution >= 4 is 5.57 Å². The molecule has 1 saturated carbocycles. The molecule has 0 spiro atoms. The lowest BCUT2D eigenvalue weighted by atomic mass is 10.0. The third-order valence-electron chi connectivity index (χ3n) is 3.09. The summed E-state index contributed by atoms with van der Waals surface area (Å²) in [6.07, 6.45) is 9.56. The first-order valence-corrected chi connectivity index (χ1v) is 5.63. The Labute approximate surface area is 90.7 Å². The topological polar surface area (TPSA) is 3.24 Å². The van der Waals surface area contributed by atoms with E-state index in [0.29, 0.717) is 0 Å². The van der Waals surface area contributed by atoms with E-state index in [9.17, 15) is 0 Å². The summed E-state index contributed by atoms with van der Waals surface area (Å²) in [4.78, 5) is 2.44. The average Bonchev–Trinajstić information content (AvgIpc) is 3.15. The minimum absolute atomic E-state index is 0.829. The summed E-state index contributed by atoms with van der Waals surface area (Å²) in [5.41, 5.74) is 2.68. The predicted molar refractivity (Wildman–Crippen MR) is 63.3 cm³/mol. The van der Waals surface area contributed by atoms with Gasteiger partial charge in [-0.15, -0.1) is 0 Å². The standard InChI is InChI=1S/C14H15N/c1-2-4-12(5-3-1)13-8-10-15(11-9-13)14-6-7-14/h1-5,8-10,14H,6-7,11H2. The van der Waals surface area contributed by atoms with E-state index in [1.807, 2.05) is 0 Å². The summed E-state index contributed by atoms with van der Waals surface area (Å²) < 4.78 is 0.